The molecule has 0 radical (unpaired) electrons. The molecule has 0 saturated heterocycles. The molecule has 1 heterocycles. The summed E-state index contributed by atoms with van der Waals surface area (Å²) in [5.41, 5.74) is 3.03. The van der Waals surface area contributed by atoms with E-state index in [1.807, 2.05) is 68.4 Å². The van der Waals surface area contributed by atoms with Crippen LogP contribution in [0.4, 0.5) is 5.69 Å². The molecule has 0 aliphatic carbocycles. The Balaban J connectivity index is 1.82. The van der Waals surface area contributed by atoms with Crippen molar-refractivity contribution in [1.29, 1.82) is 0 Å². The molecule has 0 fully saturated rings. The lowest BCUT2D eigenvalue weighted by molar-refractivity contribution is -0.146. The summed E-state index contributed by atoms with van der Waals surface area (Å²) in [5, 5.41) is 0. The van der Waals surface area contributed by atoms with Crippen molar-refractivity contribution in [2.45, 2.75) is 39.3 Å². The van der Waals surface area contributed by atoms with Gasteiger partial charge in [-0.15, -0.1) is 0 Å². The summed E-state index contributed by atoms with van der Waals surface area (Å²) in [6.07, 6.45) is 1.84. The fourth-order valence-electron chi connectivity index (χ4n) is 3.25. The average Bonchev–Trinajstić information content (AvgIpc) is 2.65. The third kappa shape index (κ3) is 3.73. The minimum Gasteiger partial charge on any atom is -0.328 e. The second-order valence-electron chi connectivity index (χ2n) is 6.70. The molecule has 0 atom stereocenters. The second-order valence-corrected chi connectivity index (χ2v) is 6.70. The number of hydrogen-bond donors (Lipinski definition) is 0. The summed E-state index contributed by atoms with van der Waals surface area (Å²) in [7, 11) is 0. The number of amides is 2. The number of para-hydroxylation sites is 1. The lowest BCUT2D eigenvalue weighted by Gasteiger charge is -2.32. The molecule has 0 aromatic heterocycles. The van der Waals surface area contributed by atoms with Gasteiger partial charge in [-0.05, 0) is 43.9 Å². The van der Waals surface area contributed by atoms with Crippen molar-refractivity contribution in [1.82, 2.24) is 4.90 Å². The molecule has 0 unspecified atom stereocenters. The molecule has 25 heavy (non-hydrogen) atoms. The number of nitrogens with zero attached hydrogens (tertiary/aromatic N) is 2. The van der Waals surface area contributed by atoms with Crippen LogP contribution in [0.5, 0.6) is 0 Å². The topological polar surface area (TPSA) is 40.6 Å². The highest BCUT2D eigenvalue weighted by Gasteiger charge is 2.31. The number of fused-ring (bicyclic) bond motifs is 1. The van der Waals surface area contributed by atoms with Crippen LogP contribution in [0.15, 0.2) is 54.6 Å². The van der Waals surface area contributed by atoms with Gasteiger partial charge in [-0.1, -0.05) is 48.5 Å². The van der Waals surface area contributed by atoms with E-state index in [1.165, 1.54) is 0 Å². The van der Waals surface area contributed by atoms with Gasteiger partial charge in [0.1, 0.15) is 0 Å². The Labute approximate surface area is 149 Å². The van der Waals surface area contributed by atoms with Crippen molar-refractivity contribution in [2.75, 3.05) is 11.4 Å². The van der Waals surface area contributed by atoms with Gasteiger partial charge >= 0.3 is 11.8 Å². The first-order valence-corrected chi connectivity index (χ1v) is 8.82. The third-order valence-electron chi connectivity index (χ3n) is 4.62. The van der Waals surface area contributed by atoms with Crippen LogP contribution in [0.25, 0.3) is 0 Å². The molecule has 0 saturated carbocycles. The van der Waals surface area contributed by atoms with Gasteiger partial charge in [-0.25, -0.2) is 0 Å². The fourth-order valence-corrected chi connectivity index (χ4v) is 3.25. The smallest absolute Gasteiger partial charge is 0.316 e. The molecule has 2 amide bonds. The van der Waals surface area contributed by atoms with Crippen molar-refractivity contribution >= 4 is 17.5 Å². The van der Waals surface area contributed by atoms with Crippen LogP contribution in [0.2, 0.25) is 0 Å². The molecule has 1 aliphatic heterocycles. The molecular formula is C21H24N2O2. The monoisotopic (exact) mass is 336 g/mol. The molecule has 4 nitrogen and oxygen atoms in total. The molecule has 3 rings (SSSR count). The van der Waals surface area contributed by atoms with Crippen LogP contribution in [0.3, 0.4) is 0 Å². The van der Waals surface area contributed by atoms with E-state index >= 15 is 0 Å². The predicted octanol–water partition coefficient (Wildman–Crippen LogP) is 3.40. The first-order chi connectivity index (χ1) is 12.1. The van der Waals surface area contributed by atoms with Crippen molar-refractivity contribution < 1.29 is 9.59 Å². The summed E-state index contributed by atoms with van der Waals surface area (Å²) in [6.45, 7) is 4.92. The highest BCUT2D eigenvalue weighted by atomic mass is 16.2. The Morgan fingerprint density at radius 2 is 1.72 bits per heavy atom. The molecule has 0 bridgehead atoms. The third-order valence-corrected chi connectivity index (χ3v) is 4.62. The molecule has 0 N–H and O–H groups in total. The lowest BCUT2D eigenvalue weighted by Crippen LogP contribution is -2.49. The summed E-state index contributed by atoms with van der Waals surface area (Å²) >= 11 is 0. The van der Waals surface area contributed by atoms with Crippen LogP contribution < -0.4 is 4.90 Å². The SMILES string of the molecule is CC(C)N(Cc1ccccc1)C(=O)C(=O)N1CCCc2ccccc21. The zero-order valence-electron chi connectivity index (χ0n) is 14.8. The normalized spacial score (nSPS) is 13.5. The molecule has 0 spiro atoms. The van der Waals surface area contributed by atoms with Gasteiger partial charge in [0.15, 0.2) is 0 Å². The quantitative estimate of drug-likeness (QED) is 0.806. The molecule has 130 valence electrons. The van der Waals surface area contributed by atoms with E-state index in [4.69, 9.17) is 0 Å². The van der Waals surface area contributed by atoms with Crippen LogP contribution in [0.1, 0.15) is 31.4 Å². The second kappa shape index (κ2) is 7.51. The fraction of sp³-hybridized carbons (Fsp3) is 0.333. The van der Waals surface area contributed by atoms with E-state index in [0.717, 1.165) is 29.7 Å². The molecule has 2 aromatic rings. The Bertz CT molecular complexity index is 756. The average molecular weight is 336 g/mol. The molecule has 1 aliphatic rings. The van der Waals surface area contributed by atoms with Gasteiger partial charge in [0.2, 0.25) is 0 Å². The standard InChI is InChI=1S/C21H24N2O2/c1-16(2)23(15-17-9-4-3-5-10-17)21(25)20(24)22-14-8-12-18-11-6-7-13-19(18)22/h3-7,9-11,13,16H,8,12,14-15H2,1-2H3. The van der Waals surface area contributed by atoms with Gasteiger partial charge in [0.05, 0.1) is 0 Å². The maximum atomic E-state index is 12.9. The largest absolute Gasteiger partial charge is 0.328 e. The van der Waals surface area contributed by atoms with E-state index < -0.39 is 11.8 Å². The van der Waals surface area contributed by atoms with E-state index in [9.17, 15) is 9.59 Å². The van der Waals surface area contributed by atoms with Crippen molar-refractivity contribution in [3.05, 3.63) is 65.7 Å². The van der Waals surface area contributed by atoms with E-state index in [0.29, 0.717) is 13.1 Å². The predicted molar refractivity (Wildman–Crippen MR) is 99.2 cm³/mol. The van der Waals surface area contributed by atoms with Crippen LogP contribution >= 0.6 is 0 Å². The van der Waals surface area contributed by atoms with Gasteiger partial charge in [0, 0.05) is 24.8 Å². The highest BCUT2D eigenvalue weighted by molar-refractivity contribution is 6.40. The Kier molecular flexibility index (Phi) is 5.17. The van der Waals surface area contributed by atoms with Crippen molar-refractivity contribution in [2.24, 2.45) is 0 Å². The Morgan fingerprint density at radius 1 is 1.04 bits per heavy atom. The number of carbonyl (C=O) groups excluding carboxylic acids is 2. The Hall–Kier alpha value is -2.62. The van der Waals surface area contributed by atoms with Gasteiger partial charge < -0.3 is 9.80 Å². The van der Waals surface area contributed by atoms with Gasteiger partial charge in [-0.3, -0.25) is 9.59 Å². The van der Waals surface area contributed by atoms with Crippen LogP contribution in [-0.4, -0.2) is 29.3 Å². The zero-order valence-corrected chi connectivity index (χ0v) is 14.8. The maximum Gasteiger partial charge on any atom is 0.316 e. The van der Waals surface area contributed by atoms with Crippen molar-refractivity contribution in [3.63, 3.8) is 0 Å². The first-order valence-electron chi connectivity index (χ1n) is 8.82. The number of anilines is 1. The minimum atomic E-state index is -0.435. The lowest BCUT2D eigenvalue weighted by atomic mass is 10.0. The zero-order chi connectivity index (χ0) is 17.8. The van der Waals surface area contributed by atoms with E-state index in [1.54, 1.807) is 9.80 Å². The van der Waals surface area contributed by atoms with Gasteiger partial charge in [-0.2, -0.15) is 0 Å². The maximum absolute atomic E-state index is 12.9. The first kappa shape index (κ1) is 17.2. The Morgan fingerprint density at radius 3 is 2.44 bits per heavy atom. The molecule has 2 aromatic carbocycles. The molecular weight excluding hydrogens is 312 g/mol. The summed E-state index contributed by atoms with van der Waals surface area (Å²) in [6, 6.07) is 17.6. The summed E-state index contributed by atoms with van der Waals surface area (Å²) in [4.78, 5) is 29.2. The number of carbonyl (C=O) groups is 2. The van der Waals surface area contributed by atoms with E-state index in [-0.39, 0.29) is 6.04 Å². The van der Waals surface area contributed by atoms with Crippen LogP contribution in [0, 0.1) is 0 Å². The number of benzene rings is 2. The van der Waals surface area contributed by atoms with Crippen molar-refractivity contribution in [3.8, 4) is 0 Å². The minimum absolute atomic E-state index is 0.0447. The summed E-state index contributed by atoms with van der Waals surface area (Å²) < 4.78 is 0. The van der Waals surface area contributed by atoms with Gasteiger partial charge in [0.25, 0.3) is 0 Å². The number of rotatable bonds is 3. The number of hydrogen-bond acceptors (Lipinski definition) is 2. The summed E-state index contributed by atoms with van der Waals surface area (Å²) in [5.74, 6) is -0.868. The highest BCUT2D eigenvalue weighted by Crippen LogP contribution is 2.27. The number of aryl methyl sites for hydroxylation is 1. The van der Waals surface area contributed by atoms with E-state index in [2.05, 4.69) is 0 Å². The molecule has 4 heteroatoms. The van der Waals surface area contributed by atoms with Crippen LogP contribution in [-0.2, 0) is 22.6 Å².